The molecule has 0 atom stereocenters. The zero-order chi connectivity index (χ0) is 18.1. The van der Waals surface area contributed by atoms with Crippen molar-refractivity contribution >= 4 is 54.7 Å². The Bertz CT molecular complexity index is 930. The van der Waals surface area contributed by atoms with Crippen LogP contribution in [0.4, 0.5) is 0 Å². The topological polar surface area (TPSA) is 48.4 Å². The van der Waals surface area contributed by atoms with Gasteiger partial charge >= 0.3 is 5.97 Å². The summed E-state index contributed by atoms with van der Waals surface area (Å²) in [7, 11) is 0. The Labute approximate surface area is 162 Å². The second kappa shape index (κ2) is 7.43. The van der Waals surface area contributed by atoms with Crippen molar-refractivity contribution < 1.29 is 14.3 Å². The van der Waals surface area contributed by atoms with Crippen LogP contribution in [-0.2, 0) is 4.74 Å². The molecule has 0 spiro atoms. The molecule has 25 heavy (non-hydrogen) atoms. The van der Waals surface area contributed by atoms with Crippen LogP contribution in [0.1, 0.15) is 36.1 Å². The first-order valence-electron chi connectivity index (χ1n) is 7.93. The molecule has 0 aliphatic carbocycles. The number of carbonyl (C=O) groups excluding carboxylic acids is 1. The lowest BCUT2D eigenvalue weighted by molar-refractivity contribution is 0.0531. The summed E-state index contributed by atoms with van der Waals surface area (Å²) in [6, 6.07) is 6.12. The van der Waals surface area contributed by atoms with Gasteiger partial charge in [-0.2, -0.15) is 0 Å². The third-order valence-electron chi connectivity index (χ3n) is 3.40. The monoisotopic (exact) mass is 439 g/mol. The molecule has 0 N–H and O–H groups in total. The maximum Gasteiger partial charge on any atom is 0.350 e. The van der Waals surface area contributed by atoms with Gasteiger partial charge in [-0.3, -0.25) is 0 Å². The first-order valence-corrected chi connectivity index (χ1v) is 10.4. The van der Waals surface area contributed by atoms with E-state index in [1.54, 1.807) is 18.3 Å². The fourth-order valence-electron chi connectivity index (χ4n) is 2.41. The average molecular weight is 440 g/mol. The summed E-state index contributed by atoms with van der Waals surface area (Å²) in [5, 5.41) is 1.95. The number of fused-ring (bicyclic) bond motifs is 1. The molecule has 3 rings (SSSR count). The molecule has 0 saturated heterocycles. The summed E-state index contributed by atoms with van der Waals surface area (Å²) in [6.07, 6.45) is 0.123. The van der Waals surface area contributed by atoms with E-state index < -0.39 is 0 Å². The van der Waals surface area contributed by atoms with Gasteiger partial charge in [0.1, 0.15) is 15.6 Å². The van der Waals surface area contributed by atoms with E-state index in [1.807, 2.05) is 32.9 Å². The lowest BCUT2D eigenvalue weighted by Gasteiger charge is -2.10. The molecule has 132 valence electrons. The minimum Gasteiger partial charge on any atom is -0.491 e. The molecule has 2 aromatic heterocycles. The number of esters is 1. The third-order valence-corrected chi connectivity index (χ3v) is 6.45. The van der Waals surface area contributed by atoms with Crippen LogP contribution in [0, 0.1) is 6.92 Å². The number of carbonyl (C=O) groups is 1. The van der Waals surface area contributed by atoms with Crippen LogP contribution >= 0.6 is 38.6 Å². The van der Waals surface area contributed by atoms with E-state index in [-0.39, 0.29) is 12.1 Å². The fraction of sp³-hybridized carbons (Fsp3) is 0.333. The molecular weight excluding hydrogens is 422 g/mol. The second-order valence-corrected chi connectivity index (χ2v) is 8.69. The van der Waals surface area contributed by atoms with Crippen molar-refractivity contribution in [3.05, 3.63) is 33.2 Å². The van der Waals surface area contributed by atoms with Crippen LogP contribution in [-0.4, -0.2) is 23.7 Å². The SMILES string of the molecule is CCOC(=O)c1sc(-c2cc3c(Br)cc(OC(C)C)cc3s2)nc1C. The van der Waals surface area contributed by atoms with Gasteiger partial charge in [0.25, 0.3) is 0 Å². The van der Waals surface area contributed by atoms with E-state index in [4.69, 9.17) is 9.47 Å². The number of thiazole rings is 1. The van der Waals surface area contributed by atoms with Crippen molar-refractivity contribution in [2.45, 2.75) is 33.8 Å². The number of hydrogen-bond acceptors (Lipinski definition) is 6. The third kappa shape index (κ3) is 3.88. The quantitative estimate of drug-likeness (QED) is 0.453. The van der Waals surface area contributed by atoms with Gasteiger partial charge in [-0.25, -0.2) is 9.78 Å². The van der Waals surface area contributed by atoms with Gasteiger partial charge in [0, 0.05) is 14.6 Å². The Kier molecular flexibility index (Phi) is 5.46. The highest BCUT2D eigenvalue weighted by Gasteiger charge is 2.19. The number of nitrogens with zero attached hydrogens (tertiary/aromatic N) is 1. The molecule has 0 bridgehead atoms. The van der Waals surface area contributed by atoms with E-state index in [2.05, 4.69) is 27.0 Å². The normalized spacial score (nSPS) is 11.3. The molecule has 4 nitrogen and oxygen atoms in total. The summed E-state index contributed by atoms with van der Waals surface area (Å²) < 4.78 is 13.0. The molecule has 7 heteroatoms. The number of ether oxygens (including phenoxy) is 2. The zero-order valence-corrected chi connectivity index (χ0v) is 17.6. The molecular formula is C18H18BrNO3S2. The average Bonchev–Trinajstić information content (AvgIpc) is 3.10. The Hall–Kier alpha value is -1.44. The predicted molar refractivity (Wildman–Crippen MR) is 107 cm³/mol. The van der Waals surface area contributed by atoms with Crippen LogP contribution < -0.4 is 4.74 Å². The zero-order valence-electron chi connectivity index (χ0n) is 14.4. The van der Waals surface area contributed by atoms with Crippen molar-refractivity contribution in [1.29, 1.82) is 0 Å². The van der Waals surface area contributed by atoms with Gasteiger partial charge in [-0.1, -0.05) is 0 Å². The molecule has 0 aliphatic rings. The van der Waals surface area contributed by atoms with Gasteiger partial charge in [-0.15, -0.1) is 22.7 Å². The minimum absolute atomic E-state index is 0.123. The summed E-state index contributed by atoms with van der Waals surface area (Å²) in [4.78, 5) is 18.2. The van der Waals surface area contributed by atoms with E-state index in [0.717, 1.165) is 30.2 Å². The van der Waals surface area contributed by atoms with Gasteiger partial charge in [0.15, 0.2) is 0 Å². The van der Waals surface area contributed by atoms with Crippen molar-refractivity contribution in [3.63, 3.8) is 0 Å². The highest BCUT2D eigenvalue weighted by Crippen LogP contribution is 2.41. The van der Waals surface area contributed by atoms with Gasteiger partial charge in [-0.05, 0) is 61.8 Å². The van der Waals surface area contributed by atoms with Gasteiger partial charge in [0.2, 0.25) is 0 Å². The molecule has 1 aromatic carbocycles. The second-order valence-electron chi connectivity index (χ2n) is 5.75. The molecule has 0 radical (unpaired) electrons. The number of thiophene rings is 1. The fourth-order valence-corrected chi connectivity index (χ4v) is 5.21. The molecule has 0 aliphatic heterocycles. The Morgan fingerprint density at radius 3 is 2.72 bits per heavy atom. The van der Waals surface area contributed by atoms with Crippen molar-refractivity contribution in [3.8, 4) is 15.6 Å². The smallest absolute Gasteiger partial charge is 0.350 e. The molecule has 0 amide bonds. The van der Waals surface area contributed by atoms with Crippen LogP contribution in [0.5, 0.6) is 5.75 Å². The number of aromatic nitrogens is 1. The van der Waals surface area contributed by atoms with E-state index in [1.165, 1.54) is 11.3 Å². The van der Waals surface area contributed by atoms with E-state index in [9.17, 15) is 4.79 Å². The number of hydrogen-bond donors (Lipinski definition) is 0. The highest BCUT2D eigenvalue weighted by molar-refractivity contribution is 9.10. The molecule has 0 saturated carbocycles. The maximum atomic E-state index is 12.0. The first-order chi connectivity index (χ1) is 11.9. The molecule has 3 aromatic rings. The van der Waals surface area contributed by atoms with Gasteiger partial charge in [0.05, 0.1) is 23.3 Å². The number of rotatable bonds is 5. The Morgan fingerprint density at radius 2 is 2.04 bits per heavy atom. The minimum atomic E-state index is -0.307. The van der Waals surface area contributed by atoms with E-state index in [0.29, 0.717) is 17.2 Å². The van der Waals surface area contributed by atoms with Crippen LogP contribution in [0.2, 0.25) is 0 Å². The largest absolute Gasteiger partial charge is 0.491 e. The maximum absolute atomic E-state index is 12.0. The standard InChI is InChI=1S/C18H18BrNO3S2/c1-5-22-18(21)16-10(4)20-17(25-16)15-8-12-13(19)6-11(23-9(2)3)7-14(12)24-15/h6-9H,5H2,1-4H3. The van der Waals surface area contributed by atoms with Crippen LogP contribution in [0.3, 0.4) is 0 Å². The highest BCUT2D eigenvalue weighted by atomic mass is 79.9. The predicted octanol–water partition coefficient (Wildman–Crippen LogP) is 6.06. The number of halogens is 1. The molecule has 0 fully saturated rings. The van der Waals surface area contributed by atoms with Crippen molar-refractivity contribution in [2.24, 2.45) is 0 Å². The molecule has 2 heterocycles. The Morgan fingerprint density at radius 1 is 1.28 bits per heavy atom. The summed E-state index contributed by atoms with van der Waals surface area (Å²) in [5.74, 6) is 0.531. The Balaban J connectivity index is 2.01. The van der Waals surface area contributed by atoms with Crippen LogP contribution in [0.25, 0.3) is 20.0 Å². The number of benzene rings is 1. The first kappa shape index (κ1) is 18.4. The number of aryl methyl sites for hydroxylation is 1. The summed E-state index contributed by atoms with van der Waals surface area (Å²) in [6.45, 7) is 8.01. The van der Waals surface area contributed by atoms with E-state index >= 15 is 0 Å². The lowest BCUT2D eigenvalue weighted by atomic mass is 10.2. The van der Waals surface area contributed by atoms with Crippen molar-refractivity contribution in [2.75, 3.05) is 6.61 Å². The lowest BCUT2D eigenvalue weighted by Crippen LogP contribution is -2.05. The summed E-state index contributed by atoms with van der Waals surface area (Å²) in [5.41, 5.74) is 0.707. The summed E-state index contributed by atoms with van der Waals surface area (Å²) >= 11 is 6.64. The van der Waals surface area contributed by atoms with Crippen LogP contribution in [0.15, 0.2) is 22.7 Å². The molecule has 0 unspecified atom stereocenters. The van der Waals surface area contributed by atoms with Gasteiger partial charge < -0.3 is 9.47 Å². The van der Waals surface area contributed by atoms with Crippen molar-refractivity contribution in [1.82, 2.24) is 4.98 Å².